The van der Waals surface area contributed by atoms with Gasteiger partial charge < -0.3 is 5.48 Å². The lowest BCUT2D eigenvalue weighted by Gasteiger charge is -1.90. The molecule has 68 valence electrons. The summed E-state index contributed by atoms with van der Waals surface area (Å²) >= 11 is 0. The molecule has 4 N–H and O–H groups in total. The summed E-state index contributed by atoms with van der Waals surface area (Å²) in [5.41, 5.74) is 1.05. The third-order valence-electron chi connectivity index (χ3n) is 1.60. The van der Waals surface area contributed by atoms with E-state index in [1.165, 1.54) is 0 Å². The molecule has 0 saturated heterocycles. The molecule has 0 fully saturated rings. The van der Waals surface area contributed by atoms with E-state index in [0.717, 1.165) is 5.56 Å². The molecule has 0 unspecified atom stereocenters. The van der Waals surface area contributed by atoms with Gasteiger partial charge in [0.2, 0.25) is 0 Å². The molecule has 0 aliphatic rings. The topological polar surface area (TPSA) is 93.0 Å². The predicted molar refractivity (Wildman–Crippen MR) is 48.3 cm³/mol. The van der Waals surface area contributed by atoms with E-state index in [4.69, 9.17) is 0 Å². The predicted octanol–water partition coefficient (Wildman–Crippen LogP) is -0.0597. The van der Waals surface area contributed by atoms with E-state index in [0.29, 0.717) is 5.69 Å². The van der Waals surface area contributed by atoms with Crippen LogP contribution < -0.4 is 5.56 Å². The maximum atomic E-state index is 11.1. The average molecular weight is 179 g/mol. The number of H-pyrrole nitrogens is 2. The van der Waals surface area contributed by atoms with Gasteiger partial charge in [-0.05, 0) is 0 Å². The van der Waals surface area contributed by atoms with Gasteiger partial charge in [0.25, 0.3) is 5.56 Å². The maximum Gasteiger partial charge on any atom is 0.291 e. The Labute approximate surface area is 73.7 Å². The van der Waals surface area contributed by atoms with E-state index >= 15 is 0 Å². The summed E-state index contributed by atoms with van der Waals surface area (Å²) < 4.78 is 0. The van der Waals surface area contributed by atoms with E-state index in [9.17, 15) is 4.79 Å². The van der Waals surface area contributed by atoms with Crippen molar-refractivity contribution in [1.29, 1.82) is 0 Å². The zero-order valence-electron chi connectivity index (χ0n) is 6.74. The normalized spacial score (nSPS) is 9.23. The second-order valence-electron chi connectivity index (χ2n) is 2.39. The van der Waals surface area contributed by atoms with E-state index in [1.807, 2.05) is 30.3 Å². The molecule has 13 heavy (non-hydrogen) atoms. The minimum absolute atomic E-state index is 0. The molecular weight excluding hydrogens is 170 g/mol. The molecule has 0 aliphatic carbocycles. The lowest BCUT2D eigenvalue weighted by atomic mass is 10.2. The van der Waals surface area contributed by atoms with Crippen molar-refractivity contribution in [3.63, 3.8) is 0 Å². The first-order chi connectivity index (χ1) is 5.88. The summed E-state index contributed by atoms with van der Waals surface area (Å²) in [5.74, 6) is 0. The lowest BCUT2D eigenvalue weighted by molar-refractivity contribution is 0.824. The molecule has 1 aromatic carbocycles. The maximum absolute atomic E-state index is 11.1. The van der Waals surface area contributed by atoms with Crippen molar-refractivity contribution in [3.05, 3.63) is 40.7 Å². The van der Waals surface area contributed by atoms with E-state index in [2.05, 4.69) is 15.4 Å². The number of nitrogens with one attached hydrogen (secondary N) is 2. The Hall–Kier alpha value is -1.88. The Bertz CT molecular complexity index is 418. The van der Waals surface area contributed by atoms with E-state index in [1.54, 1.807) is 0 Å². The number of rotatable bonds is 1. The zero-order chi connectivity index (χ0) is 8.39. The lowest BCUT2D eigenvalue weighted by Crippen LogP contribution is -2.01. The molecule has 0 radical (unpaired) electrons. The van der Waals surface area contributed by atoms with Gasteiger partial charge in [-0.1, -0.05) is 30.3 Å². The van der Waals surface area contributed by atoms with Gasteiger partial charge in [0.15, 0.2) is 5.69 Å². The van der Waals surface area contributed by atoms with Crippen molar-refractivity contribution in [1.82, 2.24) is 15.4 Å². The van der Waals surface area contributed by atoms with Crippen LogP contribution in [0.25, 0.3) is 11.3 Å². The highest BCUT2D eigenvalue weighted by Gasteiger charge is 2.03. The van der Waals surface area contributed by atoms with Crippen molar-refractivity contribution in [2.75, 3.05) is 0 Å². The minimum atomic E-state index is -0.193. The Morgan fingerprint density at radius 2 is 1.85 bits per heavy atom. The fourth-order valence-electron chi connectivity index (χ4n) is 1.04. The SMILES string of the molecule is O.O=c1[nH][nH]nc1-c1ccccc1. The highest BCUT2D eigenvalue weighted by molar-refractivity contribution is 5.56. The zero-order valence-corrected chi connectivity index (χ0v) is 6.74. The highest BCUT2D eigenvalue weighted by Crippen LogP contribution is 2.09. The van der Waals surface area contributed by atoms with Gasteiger partial charge in [-0.25, -0.2) is 10.3 Å². The van der Waals surface area contributed by atoms with E-state index < -0.39 is 0 Å². The quantitative estimate of drug-likeness (QED) is 0.641. The molecule has 1 aromatic heterocycles. The Balaban J connectivity index is 0.000000845. The van der Waals surface area contributed by atoms with Crippen LogP contribution in [-0.4, -0.2) is 20.9 Å². The molecule has 0 amide bonds. The largest absolute Gasteiger partial charge is 0.412 e. The van der Waals surface area contributed by atoms with Crippen LogP contribution in [0.1, 0.15) is 0 Å². The van der Waals surface area contributed by atoms with Crippen LogP contribution in [0.3, 0.4) is 0 Å². The van der Waals surface area contributed by atoms with Crippen molar-refractivity contribution >= 4 is 0 Å². The van der Waals surface area contributed by atoms with Crippen LogP contribution in [0, 0.1) is 0 Å². The van der Waals surface area contributed by atoms with Crippen molar-refractivity contribution in [2.45, 2.75) is 0 Å². The fraction of sp³-hybridized carbons (Fsp3) is 0. The highest BCUT2D eigenvalue weighted by atomic mass is 16.1. The van der Waals surface area contributed by atoms with Gasteiger partial charge in [0, 0.05) is 5.56 Å². The summed E-state index contributed by atoms with van der Waals surface area (Å²) in [4.78, 5) is 11.1. The third-order valence-corrected chi connectivity index (χ3v) is 1.60. The minimum Gasteiger partial charge on any atom is -0.412 e. The summed E-state index contributed by atoms with van der Waals surface area (Å²) in [6.07, 6.45) is 0. The number of benzene rings is 1. The average Bonchev–Trinajstić information content (AvgIpc) is 2.53. The van der Waals surface area contributed by atoms with Gasteiger partial charge >= 0.3 is 0 Å². The van der Waals surface area contributed by atoms with Crippen LogP contribution in [0.15, 0.2) is 35.1 Å². The Kier molecular flexibility index (Phi) is 2.61. The summed E-state index contributed by atoms with van der Waals surface area (Å²) in [6, 6.07) is 9.30. The van der Waals surface area contributed by atoms with Gasteiger partial charge in [-0.15, -0.1) is 0 Å². The molecule has 0 saturated carbocycles. The first-order valence-electron chi connectivity index (χ1n) is 3.56. The number of hydrogen-bond acceptors (Lipinski definition) is 2. The van der Waals surface area contributed by atoms with Crippen molar-refractivity contribution in [2.24, 2.45) is 0 Å². The van der Waals surface area contributed by atoms with Gasteiger partial charge in [0.1, 0.15) is 0 Å². The van der Waals surface area contributed by atoms with Crippen LogP contribution in [0.4, 0.5) is 0 Å². The second kappa shape index (κ2) is 3.68. The Morgan fingerprint density at radius 1 is 1.15 bits per heavy atom. The Morgan fingerprint density at radius 3 is 2.38 bits per heavy atom. The van der Waals surface area contributed by atoms with Crippen LogP contribution in [-0.2, 0) is 0 Å². The third kappa shape index (κ3) is 1.65. The number of aromatic nitrogens is 3. The second-order valence-corrected chi connectivity index (χ2v) is 2.39. The van der Waals surface area contributed by atoms with Crippen molar-refractivity contribution < 1.29 is 5.48 Å². The van der Waals surface area contributed by atoms with Crippen molar-refractivity contribution in [3.8, 4) is 11.3 Å². The van der Waals surface area contributed by atoms with Gasteiger partial charge in [-0.2, -0.15) is 5.10 Å². The standard InChI is InChI=1S/C8H7N3O.H2O/c12-8-7(9-11-10-8)6-4-2-1-3-5-6;/h1-5H,(H2,9,10,11,12);1H2. The molecule has 0 spiro atoms. The summed E-state index contributed by atoms with van der Waals surface area (Å²) in [6.45, 7) is 0. The number of aromatic amines is 2. The van der Waals surface area contributed by atoms with Gasteiger partial charge in [0.05, 0.1) is 0 Å². The number of nitrogens with zero attached hydrogens (tertiary/aromatic N) is 1. The van der Waals surface area contributed by atoms with Crippen LogP contribution in [0.2, 0.25) is 0 Å². The summed E-state index contributed by atoms with van der Waals surface area (Å²) in [5, 5.41) is 8.58. The van der Waals surface area contributed by atoms with Gasteiger partial charge in [-0.3, -0.25) is 4.79 Å². The molecule has 0 atom stereocenters. The first kappa shape index (κ1) is 9.21. The molecule has 2 aromatic rings. The molecule has 0 aliphatic heterocycles. The summed E-state index contributed by atoms with van der Waals surface area (Å²) in [7, 11) is 0. The smallest absolute Gasteiger partial charge is 0.291 e. The van der Waals surface area contributed by atoms with E-state index in [-0.39, 0.29) is 11.0 Å². The fourth-order valence-corrected chi connectivity index (χ4v) is 1.04. The molecule has 2 rings (SSSR count). The van der Waals surface area contributed by atoms with Crippen LogP contribution >= 0.6 is 0 Å². The molecular formula is C8H9N3O2. The number of hydrogen-bond donors (Lipinski definition) is 2. The molecule has 5 nitrogen and oxygen atoms in total. The molecule has 5 heteroatoms. The molecule has 0 bridgehead atoms. The monoisotopic (exact) mass is 179 g/mol. The first-order valence-corrected chi connectivity index (χ1v) is 3.56. The molecule has 1 heterocycles. The van der Waals surface area contributed by atoms with Crippen LogP contribution in [0.5, 0.6) is 0 Å².